The smallest absolute Gasteiger partial charge is 0.304 e. The van der Waals surface area contributed by atoms with Gasteiger partial charge < -0.3 is 30.6 Å². The van der Waals surface area contributed by atoms with Gasteiger partial charge in [-0.3, -0.25) is 19.2 Å². The summed E-state index contributed by atoms with van der Waals surface area (Å²) in [6.45, 7) is -0.250. The molecule has 0 aliphatic heterocycles. The number of aliphatic carboxylic acids is 4. The molecule has 0 aromatic heterocycles. The van der Waals surface area contributed by atoms with Crippen molar-refractivity contribution in [1.82, 2.24) is 0 Å². The van der Waals surface area contributed by atoms with Crippen LogP contribution in [0.5, 0.6) is 0 Å². The number of aliphatic hydroxyl groups excluding tert-OH is 2. The second-order valence-electron chi connectivity index (χ2n) is 3.92. The summed E-state index contributed by atoms with van der Waals surface area (Å²) in [7, 11) is 0. The summed E-state index contributed by atoms with van der Waals surface area (Å²) in [6.07, 6.45) is 0.623. The minimum atomic E-state index is -0.787. The molecular weight excluding hydrogens is 456 g/mol. The first-order chi connectivity index (χ1) is 13.0. The molecule has 0 radical (unpaired) electrons. The molecule has 0 saturated carbocycles. The molecule has 0 aliphatic rings. The summed E-state index contributed by atoms with van der Waals surface area (Å²) in [6, 6.07) is 0. The molecule has 0 amide bonds. The molecule has 28 heavy (non-hydrogen) atoms. The van der Waals surface area contributed by atoms with E-state index in [1.165, 1.54) is 0 Å². The zero-order chi connectivity index (χ0) is 23.4. The predicted molar refractivity (Wildman–Crippen MR) is 119 cm³/mol. The molecule has 0 aromatic carbocycles. The Morgan fingerprint density at radius 2 is 0.607 bits per heavy atom. The molecule has 0 spiro atoms. The number of hydrogen-bond donors (Lipinski definition) is 10. The van der Waals surface area contributed by atoms with Gasteiger partial charge in [-0.1, -0.05) is 0 Å². The largest absolute Gasteiger partial charge is 0.481 e. The number of thiol groups is 4. The Labute approximate surface area is 186 Å². The number of carbonyl (C=O) groups is 4. The Bertz CT molecular complexity index is 304. The van der Waals surface area contributed by atoms with E-state index in [0.717, 1.165) is 0 Å². The minimum absolute atomic E-state index is 0.125. The zero-order valence-corrected chi connectivity index (χ0v) is 18.8. The van der Waals surface area contributed by atoms with Crippen molar-refractivity contribution in [3.63, 3.8) is 0 Å². The van der Waals surface area contributed by atoms with E-state index in [9.17, 15) is 19.2 Å². The monoisotopic (exact) mass is 486 g/mol. The molecule has 6 N–H and O–H groups in total. The molecular formula is C14H30O10S4. The lowest BCUT2D eigenvalue weighted by Gasteiger charge is -1.79. The molecule has 0 bridgehead atoms. The van der Waals surface area contributed by atoms with Crippen LogP contribution in [0.2, 0.25) is 0 Å². The van der Waals surface area contributed by atoms with Gasteiger partial charge in [-0.2, -0.15) is 50.5 Å². The molecule has 0 aliphatic carbocycles. The number of carboxylic acids is 4. The fraction of sp³-hybridized carbons (Fsp3) is 0.714. The van der Waals surface area contributed by atoms with Crippen LogP contribution in [0, 0.1) is 0 Å². The van der Waals surface area contributed by atoms with E-state index < -0.39 is 23.9 Å². The average Bonchev–Trinajstić information content (AvgIpc) is 2.56. The van der Waals surface area contributed by atoms with E-state index in [-0.39, 0.29) is 38.9 Å². The molecule has 0 rings (SSSR count). The Hall–Kier alpha value is -0.800. The summed E-state index contributed by atoms with van der Waals surface area (Å²) in [4.78, 5) is 38.2. The first-order valence-electron chi connectivity index (χ1n) is 7.52. The number of aliphatic hydroxyl groups is 2. The van der Waals surface area contributed by atoms with Gasteiger partial charge in [-0.05, 0) is 0 Å². The minimum Gasteiger partial charge on any atom is -0.481 e. The Morgan fingerprint density at radius 1 is 0.464 bits per heavy atom. The highest BCUT2D eigenvalue weighted by atomic mass is 32.1. The second-order valence-corrected chi connectivity index (χ2v) is 5.71. The molecule has 0 unspecified atom stereocenters. The SMILES string of the molecule is O=C(O)CCS.O=C(O)CCS.O=C(O)CCS.O=C(O)CCS.OCCO. The summed E-state index contributed by atoms with van der Waals surface area (Å²) in [5.41, 5.74) is 0. The van der Waals surface area contributed by atoms with Crippen LogP contribution in [0.4, 0.5) is 0 Å². The zero-order valence-electron chi connectivity index (χ0n) is 15.2. The summed E-state index contributed by atoms with van der Waals surface area (Å²) < 4.78 is 0. The summed E-state index contributed by atoms with van der Waals surface area (Å²) >= 11 is 14.7. The summed E-state index contributed by atoms with van der Waals surface area (Å²) in [5, 5.41) is 46.7. The fourth-order valence-electron chi connectivity index (χ4n) is 0.383. The van der Waals surface area contributed by atoms with E-state index >= 15 is 0 Å². The maximum absolute atomic E-state index is 9.55. The van der Waals surface area contributed by atoms with Crippen LogP contribution in [-0.2, 0) is 19.2 Å². The van der Waals surface area contributed by atoms with Crippen LogP contribution in [0.15, 0.2) is 0 Å². The third kappa shape index (κ3) is 99.2. The highest BCUT2D eigenvalue weighted by molar-refractivity contribution is 7.80. The number of hydrogen-bond acceptors (Lipinski definition) is 10. The Balaban J connectivity index is -0.0000000793. The van der Waals surface area contributed by atoms with Gasteiger partial charge in [0.1, 0.15) is 0 Å². The van der Waals surface area contributed by atoms with E-state index in [1.54, 1.807) is 0 Å². The van der Waals surface area contributed by atoms with Gasteiger partial charge in [0, 0.05) is 23.0 Å². The van der Waals surface area contributed by atoms with Gasteiger partial charge >= 0.3 is 23.9 Å². The van der Waals surface area contributed by atoms with Crippen molar-refractivity contribution in [2.45, 2.75) is 25.7 Å². The number of carboxylic acid groups (broad SMARTS) is 4. The van der Waals surface area contributed by atoms with Crippen LogP contribution in [0.25, 0.3) is 0 Å². The van der Waals surface area contributed by atoms with Gasteiger partial charge in [0.05, 0.1) is 38.9 Å². The molecule has 0 aromatic rings. The van der Waals surface area contributed by atoms with Crippen molar-refractivity contribution < 1.29 is 49.8 Å². The van der Waals surface area contributed by atoms with Crippen molar-refractivity contribution >= 4 is 74.4 Å². The molecule has 0 heterocycles. The van der Waals surface area contributed by atoms with Crippen LogP contribution in [-0.4, -0.2) is 90.7 Å². The van der Waals surface area contributed by atoms with Gasteiger partial charge in [0.25, 0.3) is 0 Å². The lowest BCUT2D eigenvalue weighted by Crippen LogP contribution is -1.93. The van der Waals surface area contributed by atoms with Crippen LogP contribution in [0.1, 0.15) is 25.7 Å². The Kier molecular flexibility index (Phi) is 50.1. The quantitative estimate of drug-likeness (QED) is 0.206. The summed E-state index contributed by atoms with van der Waals surface area (Å²) in [5.74, 6) is -1.44. The maximum Gasteiger partial charge on any atom is 0.304 e. The molecule has 14 heteroatoms. The molecule has 170 valence electrons. The standard InChI is InChI=1S/4C3H6O2S.C2H6O2/c4*4-3(5)1-2-6;3-1-2-4/h4*6H,1-2H2,(H,4,5);3-4H,1-2H2. The van der Waals surface area contributed by atoms with Crippen LogP contribution < -0.4 is 0 Å². The van der Waals surface area contributed by atoms with Gasteiger partial charge in [0.2, 0.25) is 0 Å². The van der Waals surface area contributed by atoms with Crippen molar-refractivity contribution in [2.75, 3.05) is 36.2 Å². The lowest BCUT2D eigenvalue weighted by molar-refractivity contribution is -0.137. The van der Waals surface area contributed by atoms with Crippen molar-refractivity contribution in [3.8, 4) is 0 Å². The topological polar surface area (TPSA) is 190 Å². The van der Waals surface area contributed by atoms with Gasteiger partial charge in [-0.15, -0.1) is 0 Å². The lowest BCUT2D eigenvalue weighted by atomic mass is 10.5. The van der Waals surface area contributed by atoms with Crippen molar-refractivity contribution in [1.29, 1.82) is 0 Å². The van der Waals surface area contributed by atoms with Crippen molar-refractivity contribution in [3.05, 3.63) is 0 Å². The highest BCUT2D eigenvalue weighted by Crippen LogP contribution is 1.81. The average molecular weight is 487 g/mol. The number of rotatable bonds is 9. The Morgan fingerprint density at radius 3 is 0.607 bits per heavy atom. The molecule has 0 fully saturated rings. The van der Waals surface area contributed by atoms with Crippen molar-refractivity contribution in [2.24, 2.45) is 0 Å². The highest BCUT2D eigenvalue weighted by Gasteiger charge is 1.89. The molecule has 0 saturated heterocycles. The normalized spacial score (nSPS) is 8.07. The third-order valence-corrected chi connectivity index (χ3v) is 2.30. The second kappa shape index (κ2) is 37.0. The maximum atomic E-state index is 9.55. The van der Waals surface area contributed by atoms with Crippen LogP contribution >= 0.6 is 50.5 Å². The molecule has 10 nitrogen and oxygen atoms in total. The third-order valence-electron chi connectivity index (χ3n) is 1.40. The fourth-order valence-corrected chi connectivity index (χ4v) is 1.15. The van der Waals surface area contributed by atoms with E-state index in [1.807, 2.05) is 0 Å². The molecule has 0 atom stereocenters. The first kappa shape index (κ1) is 37.9. The predicted octanol–water partition coefficient (Wildman–Crippen LogP) is 0.535. The van der Waals surface area contributed by atoms with Crippen LogP contribution in [0.3, 0.4) is 0 Å². The first-order valence-corrected chi connectivity index (χ1v) is 10.1. The van der Waals surface area contributed by atoms with E-state index in [0.29, 0.717) is 23.0 Å². The van der Waals surface area contributed by atoms with Gasteiger partial charge in [0.15, 0.2) is 0 Å². The van der Waals surface area contributed by atoms with E-state index in [4.69, 9.17) is 30.6 Å². The van der Waals surface area contributed by atoms with Gasteiger partial charge in [-0.25, -0.2) is 0 Å². The van der Waals surface area contributed by atoms with E-state index in [2.05, 4.69) is 50.5 Å².